The van der Waals surface area contributed by atoms with Gasteiger partial charge in [-0.05, 0) is 48.9 Å². The average molecular weight is 393 g/mol. The summed E-state index contributed by atoms with van der Waals surface area (Å²) in [7, 11) is -0.402. The predicted molar refractivity (Wildman–Crippen MR) is 111 cm³/mol. The summed E-state index contributed by atoms with van der Waals surface area (Å²) in [5.41, 5.74) is 1.18. The third kappa shape index (κ3) is 6.73. The molecular weight excluding hydrogens is 356 g/mol. The number of hydrogen-bond donors (Lipinski definition) is 0. The van der Waals surface area contributed by atoms with Crippen molar-refractivity contribution in [3.05, 3.63) is 35.9 Å². The van der Waals surface area contributed by atoms with Crippen molar-refractivity contribution in [3.8, 4) is 0 Å². The molecule has 1 aromatic rings. The van der Waals surface area contributed by atoms with E-state index in [0.29, 0.717) is 13.0 Å². The molecule has 152 valence electrons. The second kappa shape index (κ2) is 9.35. The Bertz CT molecular complexity index is 594. The molecule has 0 unspecified atom stereocenters. The molecule has 1 aliphatic rings. The first-order valence-corrected chi connectivity index (χ1v) is 12.9. The number of hydrogen-bond acceptors (Lipinski definition) is 4. The second-order valence-corrected chi connectivity index (χ2v) is 14.0. The zero-order chi connectivity index (χ0) is 20.1. The number of carbonyl (C=O) groups excluding carboxylic acids is 1. The highest BCUT2D eigenvalue weighted by Gasteiger charge is 2.41. The molecule has 0 saturated heterocycles. The van der Waals surface area contributed by atoms with Gasteiger partial charge in [0.25, 0.3) is 0 Å². The van der Waals surface area contributed by atoms with E-state index in [-0.39, 0.29) is 29.1 Å². The summed E-state index contributed by atoms with van der Waals surface area (Å²) in [6.07, 6.45) is 3.40. The number of benzene rings is 1. The van der Waals surface area contributed by atoms with Crippen LogP contribution in [-0.4, -0.2) is 33.6 Å². The van der Waals surface area contributed by atoms with Crippen molar-refractivity contribution in [1.82, 2.24) is 0 Å². The maximum Gasteiger partial charge on any atom is 0.305 e. The van der Waals surface area contributed by atoms with E-state index in [1.807, 2.05) is 18.2 Å². The van der Waals surface area contributed by atoms with Crippen LogP contribution in [0.2, 0.25) is 18.1 Å². The minimum atomic E-state index is -1.86. The minimum absolute atomic E-state index is 0.114. The highest BCUT2D eigenvalue weighted by molar-refractivity contribution is 6.74. The highest BCUT2D eigenvalue weighted by atomic mass is 28.4. The number of rotatable bonds is 7. The fourth-order valence-corrected chi connectivity index (χ4v) is 4.80. The second-order valence-electron chi connectivity index (χ2n) is 9.27. The molecule has 1 fully saturated rings. The Morgan fingerprint density at radius 1 is 1.07 bits per heavy atom. The fraction of sp³-hybridized carbons (Fsp3) is 0.682. The number of esters is 1. The van der Waals surface area contributed by atoms with Gasteiger partial charge in [0.05, 0.1) is 19.8 Å². The largest absolute Gasteiger partial charge is 0.469 e. The molecule has 3 atom stereocenters. The van der Waals surface area contributed by atoms with Crippen LogP contribution in [0.3, 0.4) is 0 Å². The Morgan fingerprint density at radius 3 is 2.30 bits per heavy atom. The van der Waals surface area contributed by atoms with Crippen LogP contribution in [0.15, 0.2) is 30.3 Å². The molecule has 2 rings (SSSR count). The summed E-state index contributed by atoms with van der Waals surface area (Å²) in [5.74, 6) is 0.108. The van der Waals surface area contributed by atoms with Crippen LogP contribution in [0.1, 0.15) is 52.0 Å². The average Bonchev–Trinajstić information content (AvgIpc) is 2.59. The van der Waals surface area contributed by atoms with Gasteiger partial charge in [0.2, 0.25) is 0 Å². The monoisotopic (exact) mass is 392 g/mol. The van der Waals surface area contributed by atoms with Crippen molar-refractivity contribution < 1.29 is 18.7 Å². The lowest BCUT2D eigenvalue weighted by Gasteiger charge is -2.43. The number of ether oxygens (including phenoxy) is 2. The van der Waals surface area contributed by atoms with E-state index in [0.717, 1.165) is 19.3 Å². The first kappa shape index (κ1) is 22.1. The van der Waals surface area contributed by atoms with Gasteiger partial charge in [-0.1, -0.05) is 51.1 Å². The Labute approximate surface area is 165 Å². The minimum Gasteiger partial charge on any atom is -0.469 e. The van der Waals surface area contributed by atoms with Crippen molar-refractivity contribution in [1.29, 1.82) is 0 Å². The molecule has 0 N–H and O–H groups in total. The van der Waals surface area contributed by atoms with E-state index in [2.05, 4.69) is 46.0 Å². The number of carbonyl (C=O) groups is 1. The van der Waals surface area contributed by atoms with E-state index in [1.54, 1.807) is 0 Å². The van der Waals surface area contributed by atoms with Crippen molar-refractivity contribution in [2.45, 2.75) is 83.4 Å². The quantitative estimate of drug-likeness (QED) is 0.465. The lowest BCUT2D eigenvalue weighted by atomic mass is 9.83. The van der Waals surface area contributed by atoms with E-state index >= 15 is 0 Å². The topological polar surface area (TPSA) is 44.8 Å². The van der Waals surface area contributed by atoms with Gasteiger partial charge in [0.15, 0.2) is 8.32 Å². The molecule has 0 aliphatic heterocycles. The summed E-state index contributed by atoms with van der Waals surface area (Å²) in [5, 5.41) is 0.169. The zero-order valence-electron chi connectivity index (χ0n) is 17.8. The standard InChI is InChI=1S/C22H36O4Si/c1-22(2,3)27(5,6)26-20-13-18(14-21(23)24-4)12-19(15-20)25-16-17-10-8-7-9-11-17/h7-11,18-20H,12-16H2,1-6H3/t18-,19-,20-/m1/s1. The van der Waals surface area contributed by atoms with Crippen LogP contribution >= 0.6 is 0 Å². The van der Waals surface area contributed by atoms with Gasteiger partial charge in [0.1, 0.15) is 0 Å². The molecular formula is C22H36O4Si. The van der Waals surface area contributed by atoms with Crippen LogP contribution in [0.4, 0.5) is 0 Å². The fourth-order valence-electron chi connectivity index (χ4n) is 3.43. The molecule has 1 aliphatic carbocycles. The Balaban J connectivity index is 2.03. The molecule has 5 heteroatoms. The summed E-state index contributed by atoms with van der Waals surface area (Å²) in [4.78, 5) is 11.8. The molecule has 27 heavy (non-hydrogen) atoms. The Morgan fingerprint density at radius 2 is 1.70 bits per heavy atom. The van der Waals surface area contributed by atoms with E-state index < -0.39 is 8.32 Å². The van der Waals surface area contributed by atoms with Crippen LogP contribution in [0.25, 0.3) is 0 Å². The van der Waals surface area contributed by atoms with Crippen molar-refractivity contribution >= 4 is 14.3 Å². The van der Waals surface area contributed by atoms with E-state index in [1.165, 1.54) is 12.7 Å². The zero-order valence-corrected chi connectivity index (χ0v) is 18.8. The van der Waals surface area contributed by atoms with Crippen LogP contribution < -0.4 is 0 Å². The summed E-state index contributed by atoms with van der Waals surface area (Å²) >= 11 is 0. The smallest absolute Gasteiger partial charge is 0.305 e. The summed E-state index contributed by atoms with van der Waals surface area (Å²) < 4.78 is 17.8. The molecule has 0 bridgehead atoms. The van der Waals surface area contributed by atoms with Gasteiger partial charge in [-0.2, -0.15) is 0 Å². The lowest BCUT2D eigenvalue weighted by Crippen LogP contribution is -2.46. The normalized spacial score (nSPS) is 23.9. The van der Waals surface area contributed by atoms with Gasteiger partial charge in [0, 0.05) is 12.5 Å². The molecule has 0 aromatic heterocycles. The van der Waals surface area contributed by atoms with Crippen LogP contribution in [0, 0.1) is 5.92 Å². The van der Waals surface area contributed by atoms with Crippen LogP contribution in [0.5, 0.6) is 0 Å². The molecule has 1 aromatic carbocycles. The van der Waals surface area contributed by atoms with Gasteiger partial charge in [-0.25, -0.2) is 0 Å². The van der Waals surface area contributed by atoms with Gasteiger partial charge in [-0.15, -0.1) is 0 Å². The molecule has 1 saturated carbocycles. The lowest BCUT2D eigenvalue weighted by molar-refractivity contribution is -0.143. The molecule has 4 nitrogen and oxygen atoms in total. The van der Waals surface area contributed by atoms with E-state index in [4.69, 9.17) is 13.9 Å². The van der Waals surface area contributed by atoms with Crippen molar-refractivity contribution in [2.75, 3.05) is 7.11 Å². The maximum absolute atomic E-state index is 11.8. The summed E-state index contributed by atoms with van der Waals surface area (Å²) in [6.45, 7) is 12.0. The Hall–Kier alpha value is -1.17. The molecule has 0 spiro atoms. The first-order valence-electron chi connectivity index (χ1n) is 10.0. The van der Waals surface area contributed by atoms with Crippen molar-refractivity contribution in [3.63, 3.8) is 0 Å². The van der Waals surface area contributed by atoms with Crippen molar-refractivity contribution in [2.24, 2.45) is 5.92 Å². The van der Waals surface area contributed by atoms with Crippen LogP contribution in [-0.2, 0) is 25.3 Å². The highest BCUT2D eigenvalue weighted by Crippen LogP contribution is 2.40. The van der Waals surface area contributed by atoms with Gasteiger partial charge < -0.3 is 13.9 Å². The SMILES string of the molecule is COC(=O)C[C@@H]1C[C@@H](OCc2ccccc2)C[C@H](O[Si](C)(C)C(C)(C)C)C1. The molecule has 0 radical (unpaired) electrons. The third-order valence-corrected chi connectivity index (χ3v) is 10.5. The first-order chi connectivity index (χ1) is 12.6. The predicted octanol–water partition coefficient (Wildman–Crippen LogP) is 5.33. The third-order valence-electron chi connectivity index (χ3n) is 6.00. The van der Waals surface area contributed by atoms with Gasteiger partial charge in [-0.3, -0.25) is 4.79 Å². The molecule has 0 heterocycles. The van der Waals surface area contributed by atoms with E-state index in [9.17, 15) is 4.79 Å². The Kier molecular flexibility index (Phi) is 7.66. The molecule has 0 amide bonds. The summed E-state index contributed by atoms with van der Waals surface area (Å²) in [6, 6.07) is 10.2. The van der Waals surface area contributed by atoms with Gasteiger partial charge >= 0.3 is 5.97 Å². The maximum atomic E-state index is 11.8. The number of methoxy groups -OCH3 is 1.